The van der Waals surface area contributed by atoms with Crippen molar-refractivity contribution in [3.63, 3.8) is 0 Å². The third-order valence-electron chi connectivity index (χ3n) is 2.39. The van der Waals surface area contributed by atoms with Crippen LogP contribution in [0, 0.1) is 6.92 Å². The number of hydrogen-bond donors (Lipinski definition) is 1. The number of carbonyl (C=O) groups is 1. The molecule has 4 heteroatoms. The minimum atomic E-state index is -0.123. The number of aryl methyl sites for hydroxylation is 1. The predicted molar refractivity (Wildman–Crippen MR) is 57.2 cm³/mol. The van der Waals surface area contributed by atoms with Gasteiger partial charge < -0.3 is 5.32 Å². The summed E-state index contributed by atoms with van der Waals surface area (Å²) in [6.45, 7) is 2.47. The van der Waals surface area contributed by atoms with Crippen molar-refractivity contribution in [3.05, 3.63) is 32.8 Å². The Kier molecular flexibility index (Phi) is 2.41. The van der Waals surface area contributed by atoms with Crippen LogP contribution in [0.3, 0.4) is 0 Å². The first-order valence-corrected chi connectivity index (χ1v) is 5.12. The Bertz CT molecular complexity index is 415. The van der Waals surface area contributed by atoms with Gasteiger partial charge in [0.1, 0.15) is 0 Å². The summed E-state index contributed by atoms with van der Waals surface area (Å²) in [5.74, 6) is -0.123. The van der Waals surface area contributed by atoms with Crippen LogP contribution < -0.4 is 5.32 Å². The SMILES string of the molecule is Cc1cc(Cl)c2c(c1Cl)C(=O)NCC2. The van der Waals surface area contributed by atoms with Crippen LogP contribution in [0.4, 0.5) is 0 Å². The molecule has 1 aromatic rings. The molecule has 1 aromatic carbocycles. The van der Waals surface area contributed by atoms with Gasteiger partial charge in [-0.1, -0.05) is 23.2 Å². The van der Waals surface area contributed by atoms with Gasteiger partial charge in [0.15, 0.2) is 0 Å². The number of carbonyl (C=O) groups excluding carboxylic acids is 1. The molecule has 0 saturated carbocycles. The van der Waals surface area contributed by atoms with Crippen LogP contribution in [0.1, 0.15) is 21.5 Å². The monoisotopic (exact) mass is 229 g/mol. The summed E-state index contributed by atoms with van der Waals surface area (Å²) < 4.78 is 0. The molecule has 2 nitrogen and oxygen atoms in total. The summed E-state index contributed by atoms with van der Waals surface area (Å²) in [5.41, 5.74) is 2.25. The van der Waals surface area contributed by atoms with Crippen LogP contribution in [0.2, 0.25) is 10.0 Å². The highest BCUT2D eigenvalue weighted by molar-refractivity contribution is 6.37. The molecule has 0 unspecified atom stereocenters. The third kappa shape index (κ3) is 1.39. The van der Waals surface area contributed by atoms with Crippen molar-refractivity contribution in [2.75, 3.05) is 6.54 Å². The molecule has 1 aliphatic heterocycles. The fourth-order valence-electron chi connectivity index (χ4n) is 1.66. The molecule has 0 aliphatic carbocycles. The molecule has 1 amide bonds. The van der Waals surface area contributed by atoms with Gasteiger partial charge in [-0.15, -0.1) is 0 Å². The van der Waals surface area contributed by atoms with E-state index >= 15 is 0 Å². The predicted octanol–water partition coefficient (Wildman–Crippen LogP) is 2.59. The second-order valence-corrected chi connectivity index (χ2v) is 4.13. The topological polar surface area (TPSA) is 29.1 Å². The Morgan fingerprint density at radius 1 is 1.43 bits per heavy atom. The minimum Gasteiger partial charge on any atom is -0.352 e. The number of amides is 1. The second-order valence-electron chi connectivity index (χ2n) is 3.35. The van der Waals surface area contributed by atoms with E-state index in [0.29, 0.717) is 22.2 Å². The number of nitrogens with one attached hydrogen (secondary N) is 1. The van der Waals surface area contributed by atoms with Gasteiger partial charge in [-0.05, 0) is 30.5 Å². The van der Waals surface area contributed by atoms with Crippen molar-refractivity contribution in [1.82, 2.24) is 5.32 Å². The Morgan fingerprint density at radius 3 is 2.86 bits per heavy atom. The van der Waals surface area contributed by atoms with Crippen molar-refractivity contribution in [2.24, 2.45) is 0 Å². The second kappa shape index (κ2) is 3.44. The molecule has 0 bridgehead atoms. The smallest absolute Gasteiger partial charge is 0.253 e. The summed E-state index contributed by atoms with van der Waals surface area (Å²) in [7, 11) is 0. The first kappa shape index (κ1) is 9.81. The Hall–Kier alpha value is -0.730. The number of halogens is 2. The molecule has 0 aromatic heterocycles. The van der Waals surface area contributed by atoms with Crippen molar-refractivity contribution < 1.29 is 4.79 Å². The molecule has 0 radical (unpaired) electrons. The molecule has 2 rings (SSSR count). The zero-order chi connectivity index (χ0) is 10.3. The van der Waals surface area contributed by atoms with E-state index in [-0.39, 0.29) is 5.91 Å². The van der Waals surface area contributed by atoms with Gasteiger partial charge in [0.2, 0.25) is 0 Å². The van der Waals surface area contributed by atoms with Crippen molar-refractivity contribution in [3.8, 4) is 0 Å². The van der Waals surface area contributed by atoms with E-state index in [2.05, 4.69) is 5.32 Å². The van der Waals surface area contributed by atoms with E-state index in [1.807, 2.05) is 6.92 Å². The van der Waals surface area contributed by atoms with Gasteiger partial charge >= 0.3 is 0 Å². The lowest BCUT2D eigenvalue weighted by atomic mass is 9.98. The van der Waals surface area contributed by atoms with Crippen molar-refractivity contribution >= 4 is 29.1 Å². The zero-order valence-electron chi connectivity index (χ0n) is 7.66. The van der Waals surface area contributed by atoms with E-state index in [4.69, 9.17) is 23.2 Å². The van der Waals surface area contributed by atoms with Gasteiger partial charge in [0.05, 0.1) is 10.6 Å². The molecule has 0 atom stereocenters. The van der Waals surface area contributed by atoms with E-state index < -0.39 is 0 Å². The van der Waals surface area contributed by atoms with Gasteiger partial charge in [-0.2, -0.15) is 0 Å². The van der Waals surface area contributed by atoms with Gasteiger partial charge in [-0.3, -0.25) is 4.79 Å². The average molecular weight is 230 g/mol. The molecule has 1 aliphatic rings. The summed E-state index contributed by atoms with van der Waals surface area (Å²) >= 11 is 12.1. The first-order valence-electron chi connectivity index (χ1n) is 4.37. The van der Waals surface area contributed by atoms with Crippen molar-refractivity contribution in [1.29, 1.82) is 0 Å². The highest BCUT2D eigenvalue weighted by atomic mass is 35.5. The molecule has 14 heavy (non-hydrogen) atoms. The summed E-state index contributed by atoms with van der Waals surface area (Å²) in [5, 5.41) is 3.90. The summed E-state index contributed by atoms with van der Waals surface area (Å²) in [6.07, 6.45) is 0.750. The third-order valence-corrected chi connectivity index (χ3v) is 3.21. The molecular weight excluding hydrogens is 221 g/mol. The maximum Gasteiger partial charge on any atom is 0.253 e. The Labute approximate surface area is 92.2 Å². The zero-order valence-corrected chi connectivity index (χ0v) is 9.17. The largest absolute Gasteiger partial charge is 0.352 e. The van der Waals surface area contributed by atoms with Crippen LogP contribution in [-0.2, 0) is 6.42 Å². The normalized spacial score (nSPS) is 14.9. The fourth-order valence-corrected chi connectivity index (χ4v) is 2.27. The highest BCUT2D eigenvalue weighted by Gasteiger charge is 2.23. The molecule has 0 spiro atoms. The van der Waals surface area contributed by atoms with Gasteiger partial charge in [0, 0.05) is 11.6 Å². The lowest BCUT2D eigenvalue weighted by Crippen LogP contribution is -2.32. The summed E-state index contributed by atoms with van der Waals surface area (Å²) in [6, 6.07) is 1.81. The first-order chi connectivity index (χ1) is 6.61. The van der Waals surface area contributed by atoms with E-state index in [1.54, 1.807) is 6.07 Å². The van der Waals surface area contributed by atoms with Crippen LogP contribution in [0.5, 0.6) is 0 Å². The van der Waals surface area contributed by atoms with E-state index in [1.165, 1.54) is 0 Å². The number of fused-ring (bicyclic) bond motifs is 1. The maximum absolute atomic E-state index is 11.6. The molecule has 0 fully saturated rings. The quantitative estimate of drug-likeness (QED) is 0.729. The maximum atomic E-state index is 11.6. The van der Waals surface area contributed by atoms with Crippen molar-refractivity contribution in [2.45, 2.75) is 13.3 Å². The molecule has 74 valence electrons. The fraction of sp³-hybridized carbons (Fsp3) is 0.300. The molecular formula is C10H9Cl2NO. The van der Waals surface area contributed by atoms with E-state index in [9.17, 15) is 4.79 Å². The van der Waals surface area contributed by atoms with Gasteiger partial charge in [0.25, 0.3) is 5.91 Å². The Morgan fingerprint density at radius 2 is 2.14 bits per heavy atom. The molecule has 1 N–H and O–H groups in total. The van der Waals surface area contributed by atoms with E-state index in [0.717, 1.165) is 17.5 Å². The van der Waals surface area contributed by atoms with Gasteiger partial charge in [-0.25, -0.2) is 0 Å². The highest BCUT2D eigenvalue weighted by Crippen LogP contribution is 2.32. The van der Waals surface area contributed by atoms with Crippen LogP contribution in [-0.4, -0.2) is 12.5 Å². The number of hydrogen-bond acceptors (Lipinski definition) is 1. The number of rotatable bonds is 0. The average Bonchev–Trinajstić information content (AvgIpc) is 2.14. The number of benzene rings is 1. The summed E-state index contributed by atoms with van der Waals surface area (Å²) in [4.78, 5) is 11.6. The molecule has 1 heterocycles. The van der Waals surface area contributed by atoms with Crippen LogP contribution in [0.25, 0.3) is 0 Å². The molecule has 0 saturated heterocycles. The Balaban J connectivity index is 2.73. The minimum absolute atomic E-state index is 0.123. The lowest BCUT2D eigenvalue weighted by molar-refractivity contribution is 0.0946. The van der Waals surface area contributed by atoms with Crippen LogP contribution >= 0.6 is 23.2 Å². The standard InChI is InChI=1S/C10H9Cl2NO/c1-5-4-7(11)6-2-3-13-10(14)8(6)9(5)12/h4H,2-3H2,1H3,(H,13,14). The van der Waals surface area contributed by atoms with Crippen LogP contribution in [0.15, 0.2) is 6.07 Å². The lowest BCUT2D eigenvalue weighted by Gasteiger charge is -2.19.